The molecular formula is C16H32IN3O. The molecule has 2 aliphatic rings. The van der Waals surface area contributed by atoms with Crippen LogP contribution in [0.15, 0.2) is 4.99 Å². The summed E-state index contributed by atoms with van der Waals surface area (Å²) in [7, 11) is 0. The van der Waals surface area contributed by atoms with Gasteiger partial charge < -0.3 is 15.4 Å². The van der Waals surface area contributed by atoms with Gasteiger partial charge in [-0.05, 0) is 25.7 Å². The number of nitrogens with zero attached hydrogens (tertiary/aromatic N) is 1. The number of aliphatic imine (C=N–C) groups is 1. The molecule has 0 amide bonds. The Morgan fingerprint density at radius 2 is 2.10 bits per heavy atom. The Hall–Kier alpha value is -0.0400. The van der Waals surface area contributed by atoms with Gasteiger partial charge in [-0.1, -0.05) is 27.7 Å². The van der Waals surface area contributed by atoms with Crippen molar-refractivity contribution in [2.75, 3.05) is 19.7 Å². The van der Waals surface area contributed by atoms with Gasteiger partial charge in [-0.3, -0.25) is 4.99 Å². The van der Waals surface area contributed by atoms with Crippen LogP contribution in [0.4, 0.5) is 0 Å². The second kappa shape index (κ2) is 7.99. The summed E-state index contributed by atoms with van der Waals surface area (Å²) in [6.45, 7) is 13.8. The molecule has 2 rings (SSSR count). The number of hydrogen-bond acceptors (Lipinski definition) is 2. The van der Waals surface area contributed by atoms with E-state index in [9.17, 15) is 0 Å². The molecule has 0 aromatic rings. The van der Waals surface area contributed by atoms with E-state index in [1.807, 2.05) is 0 Å². The van der Waals surface area contributed by atoms with E-state index in [-0.39, 0.29) is 29.4 Å². The number of nitrogens with one attached hydrogen (secondary N) is 2. The predicted molar refractivity (Wildman–Crippen MR) is 99.4 cm³/mol. The minimum absolute atomic E-state index is 0. The van der Waals surface area contributed by atoms with E-state index in [0.717, 1.165) is 25.7 Å². The first-order valence-electron chi connectivity index (χ1n) is 8.13. The fourth-order valence-corrected chi connectivity index (χ4v) is 3.56. The molecule has 3 atom stereocenters. The zero-order chi connectivity index (χ0) is 14.8. The molecule has 0 spiro atoms. The summed E-state index contributed by atoms with van der Waals surface area (Å²) < 4.78 is 5.96. The van der Waals surface area contributed by atoms with Crippen LogP contribution >= 0.6 is 24.0 Å². The maximum Gasteiger partial charge on any atom is 0.191 e. The van der Waals surface area contributed by atoms with Crippen molar-refractivity contribution < 1.29 is 4.74 Å². The quantitative estimate of drug-likeness (QED) is 0.426. The first kappa shape index (κ1) is 19.0. The van der Waals surface area contributed by atoms with E-state index >= 15 is 0 Å². The maximum absolute atomic E-state index is 5.96. The van der Waals surface area contributed by atoms with Crippen LogP contribution < -0.4 is 10.6 Å². The summed E-state index contributed by atoms with van der Waals surface area (Å²) in [5, 5.41) is 7.03. The third-order valence-corrected chi connectivity index (χ3v) is 4.58. The highest BCUT2D eigenvalue weighted by Gasteiger charge is 2.58. The first-order chi connectivity index (χ1) is 9.46. The number of hydrogen-bond donors (Lipinski definition) is 2. The molecular weight excluding hydrogens is 377 g/mol. The van der Waals surface area contributed by atoms with Crippen molar-refractivity contribution in [3.63, 3.8) is 0 Å². The molecule has 5 heteroatoms. The SMILES string of the molecule is CCNC(=NCC(C)C)NC1C2CCCOC2C1(C)C.I. The molecule has 3 unspecified atom stereocenters. The summed E-state index contributed by atoms with van der Waals surface area (Å²) in [6.07, 6.45) is 2.88. The van der Waals surface area contributed by atoms with E-state index in [1.165, 1.54) is 12.8 Å². The lowest BCUT2D eigenvalue weighted by Crippen LogP contribution is -2.71. The normalized spacial score (nSPS) is 31.0. The van der Waals surface area contributed by atoms with E-state index in [4.69, 9.17) is 9.73 Å². The van der Waals surface area contributed by atoms with E-state index in [1.54, 1.807) is 0 Å². The summed E-state index contributed by atoms with van der Waals surface area (Å²) in [4.78, 5) is 4.69. The maximum atomic E-state index is 5.96. The molecule has 2 N–H and O–H groups in total. The molecule has 0 radical (unpaired) electrons. The minimum atomic E-state index is 0. The van der Waals surface area contributed by atoms with Crippen LogP contribution in [0.5, 0.6) is 0 Å². The summed E-state index contributed by atoms with van der Waals surface area (Å²) >= 11 is 0. The summed E-state index contributed by atoms with van der Waals surface area (Å²) in [6, 6.07) is 0.470. The fraction of sp³-hybridized carbons (Fsp3) is 0.938. The Morgan fingerprint density at radius 1 is 1.38 bits per heavy atom. The van der Waals surface area contributed by atoms with Crippen molar-refractivity contribution in [1.82, 2.24) is 10.6 Å². The standard InChI is InChI=1S/C16H31N3O.HI/c1-6-17-15(18-10-11(2)3)19-13-12-8-7-9-20-14(12)16(13,4)5;/h11-14H,6-10H2,1-5H3,(H2,17,18,19);1H. The average Bonchev–Trinajstić information content (AvgIpc) is 2.41. The van der Waals surface area contributed by atoms with Crippen molar-refractivity contribution in [2.24, 2.45) is 22.2 Å². The molecule has 124 valence electrons. The minimum Gasteiger partial charge on any atom is -0.377 e. The van der Waals surface area contributed by atoms with Crippen molar-refractivity contribution in [1.29, 1.82) is 0 Å². The van der Waals surface area contributed by atoms with Gasteiger partial charge in [0.05, 0.1) is 6.10 Å². The smallest absolute Gasteiger partial charge is 0.191 e. The van der Waals surface area contributed by atoms with E-state index in [2.05, 4.69) is 45.3 Å². The number of halogens is 1. The van der Waals surface area contributed by atoms with E-state index in [0.29, 0.717) is 24.0 Å². The summed E-state index contributed by atoms with van der Waals surface area (Å²) in [5.74, 6) is 2.19. The molecule has 21 heavy (non-hydrogen) atoms. The fourth-order valence-electron chi connectivity index (χ4n) is 3.56. The van der Waals surface area contributed by atoms with Gasteiger partial charge in [0.1, 0.15) is 0 Å². The van der Waals surface area contributed by atoms with Gasteiger partial charge in [-0.2, -0.15) is 0 Å². The number of rotatable bonds is 4. The summed E-state index contributed by atoms with van der Waals surface area (Å²) in [5.41, 5.74) is 0.194. The Balaban J connectivity index is 0.00000220. The lowest BCUT2D eigenvalue weighted by molar-refractivity contribution is -0.188. The van der Waals surface area contributed by atoms with Gasteiger partial charge in [-0.25, -0.2) is 0 Å². The van der Waals surface area contributed by atoms with Gasteiger partial charge in [0.2, 0.25) is 0 Å². The van der Waals surface area contributed by atoms with Crippen LogP contribution in [0.3, 0.4) is 0 Å². The second-order valence-electron chi connectivity index (χ2n) is 7.15. The predicted octanol–water partition coefficient (Wildman–Crippen LogP) is 3.02. The zero-order valence-corrected chi connectivity index (χ0v) is 16.4. The number of guanidine groups is 1. The zero-order valence-electron chi connectivity index (χ0n) is 14.1. The van der Waals surface area contributed by atoms with Gasteiger partial charge in [-0.15, -0.1) is 24.0 Å². The van der Waals surface area contributed by atoms with Crippen LogP contribution in [0.1, 0.15) is 47.5 Å². The topological polar surface area (TPSA) is 45.7 Å². The van der Waals surface area contributed by atoms with Crippen LogP contribution in [0.2, 0.25) is 0 Å². The van der Waals surface area contributed by atoms with Crippen molar-refractivity contribution in [2.45, 2.75) is 59.6 Å². The monoisotopic (exact) mass is 409 g/mol. The Kier molecular flexibility index (Phi) is 7.24. The molecule has 0 aromatic carbocycles. The van der Waals surface area contributed by atoms with Crippen molar-refractivity contribution >= 4 is 29.9 Å². The Labute approximate surface area is 146 Å². The lowest BCUT2D eigenvalue weighted by Gasteiger charge is -2.60. The van der Waals surface area contributed by atoms with Gasteiger partial charge >= 0.3 is 0 Å². The molecule has 1 aliphatic carbocycles. The lowest BCUT2D eigenvalue weighted by atomic mass is 9.55. The van der Waals surface area contributed by atoms with Crippen LogP contribution in [-0.2, 0) is 4.74 Å². The highest BCUT2D eigenvalue weighted by Crippen LogP contribution is 2.51. The number of fused-ring (bicyclic) bond motifs is 1. The average molecular weight is 409 g/mol. The van der Waals surface area contributed by atoms with Crippen LogP contribution in [0, 0.1) is 17.3 Å². The van der Waals surface area contributed by atoms with Crippen LogP contribution in [-0.4, -0.2) is 37.8 Å². The van der Waals surface area contributed by atoms with Gasteiger partial charge in [0.15, 0.2) is 5.96 Å². The highest BCUT2D eigenvalue weighted by molar-refractivity contribution is 14.0. The van der Waals surface area contributed by atoms with Gasteiger partial charge in [0, 0.05) is 37.1 Å². The molecule has 1 saturated carbocycles. The number of ether oxygens (including phenoxy) is 1. The molecule has 0 aromatic heterocycles. The van der Waals surface area contributed by atoms with Crippen molar-refractivity contribution in [3.8, 4) is 0 Å². The molecule has 0 bridgehead atoms. The second-order valence-corrected chi connectivity index (χ2v) is 7.15. The van der Waals surface area contributed by atoms with Crippen molar-refractivity contribution in [3.05, 3.63) is 0 Å². The van der Waals surface area contributed by atoms with Crippen LogP contribution in [0.25, 0.3) is 0 Å². The molecule has 1 aliphatic heterocycles. The third-order valence-electron chi connectivity index (χ3n) is 4.58. The van der Waals surface area contributed by atoms with Gasteiger partial charge in [0.25, 0.3) is 0 Å². The molecule has 1 heterocycles. The highest BCUT2D eigenvalue weighted by atomic mass is 127. The molecule has 2 fully saturated rings. The third kappa shape index (κ3) is 4.24. The first-order valence-corrected chi connectivity index (χ1v) is 8.13. The molecule has 1 saturated heterocycles. The van der Waals surface area contributed by atoms with E-state index < -0.39 is 0 Å². The Bertz CT molecular complexity index is 357. The molecule has 4 nitrogen and oxygen atoms in total. The Morgan fingerprint density at radius 3 is 2.71 bits per heavy atom. The largest absolute Gasteiger partial charge is 0.377 e.